The van der Waals surface area contributed by atoms with Gasteiger partial charge in [0.15, 0.2) is 0 Å². The summed E-state index contributed by atoms with van der Waals surface area (Å²) in [6.07, 6.45) is 0.649. The zero-order chi connectivity index (χ0) is 9.12. The van der Waals surface area contributed by atoms with E-state index >= 15 is 0 Å². The smallest absolute Gasteiger partial charge is 0.200 e. The van der Waals surface area contributed by atoms with E-state index in [9.17, 15) is 0 Å². The number of rotatable bonds is 4. The summed E-state index contributed by atoms with van der Waals surface area (Å²) in [5, 5.41) is 0. The van der Waals surface area contributed by atoms with Gasteiger partial charge >= 0.3 is 0 Å². The van der Waals surface area contributed by atoms with E-state index in [2.05, 4.69) is 13.1 Å². The summed E-state index contributed by atoms with van der Waals surface area (Å²) in [5.41, 5.74) is 10.9. The summed E-state index contributed by atoms with van der Waals surface area (Å²) in [6, 6.07) is 0. The van der Waals surface area contributed by atoms with Gasteiger partial charge in [-0.25, -0.2) is 0 Å². The first-order valence-corrected chi connectivity index (χ1v) is 7.05. The predicted molar refractivity (Wildman–Crippen MR) is 50.8 cm³/mol. The van der Waals surface area contributed by atoms with Crippen LogP contribution in [0.4, 0.5) is 0 Å². The molecule has 0 bridgehead atoms. The van der Waals surface area contributed by atoms with Crippen molar-refractivity contribution >= 4 is 8.32 Å². The maximum absolute atomic E-state index is 5.81. The van der Waals surface area contributed by atoms with Crippen LogP contribution in [0, 0.1) is 0 Å². The summed E-state index contributed by atoms with van der Waals surface area (Å²) < 4.78 is 5.81. The van der Waals surface area contributed by atoms with Crippen molar-refractivity contribution in [2.45, 2.75) is 32.5 Å². The first-order chi connectivity index (χ1) is 4.83. The Morgan fingerprint density at radius 1 is 1.27 bits per heavy atom. The van der Waals surface area contributed by atoms with Gasteiger partial charge in [0, 0.05) is 12.7 Å². The lowest BCUT2D eigenvalue weighted by Crippen LogP contribution is -2.49. The minimum atomic E-state index is -1.64. The van der Waals surface area contributed by atoms with Crippen LogP contribution in [0.15, 0.2) is 0 Å². The molecule has 4 N–H and O–H groups in total. The summed E-state index contributed by atoms with van der Waals surface area (Å²) in [4.78, 5) is 0. The highest BCUT2D eigenvalue weighted by molar-refractivity contribution is 6.71. The molecule has 0 aromatic rings. The first kappa shape index (κ1) is 11.1. The van der Waals surface area contributed by atoms with Gasteiger partial charge in [-0.05, 0) is 26.9 Å². The van der Waals surface area contributed by atoms with Gasteiger partial charge in [-0.15, -0.1) is 0 Å². The van der Waals surface area contributed by atoms with Crippen LogP contribution in [0.2, 0.25) is 13.1 Å². The Morgan fingerprint density at radius 2 is 1.73 bits per heavy atom. The normalized spacial score (nSPS) is 13.6. The molecule has 0 aromatic carbocycles. The molecular formula is C7H20N2OSi. The molecule has 0 rings (SSSR count). The zero-order valence-electron chi connectivity index (χ0n) is 7.98. The molecule has 0 heterocycles. The molecule has 0 aromatic heterocycles. The standard InChI is InChI=1S/C7H20N2OSi/c1-7(2,5-8)10-11(3,4)6-9/h5-6,8-9H2,1-4H3. The van der Waals surface area contributed by atoms with Crippen LogP contribution in [0.1, 0.15) is 13.8 Å². The van der Waals surface area contributed by atoms with Gasteiger partial charge in [0.2, 0.25) is 8.32 Å². The fourth-order valence-corrected chi connectivity index (χ4v) is 2.49. The first-order valence-electron chi connectivity index (χ1n) is 3.93. The molecule has 0 spiro atoms. The second-order valence-corrected chi connectivity index (χ2v) is 8.16. The highest BCUT2D eigenvalue weighted by Gasteiger charge is 2.28. The highest BCUT2D eigenvalue weighted by Crippen LogP contribution is 2.14. The molecule has 0 saturated carbocycles. The van der Waals surface area contributed by atoms with E-state index < -0.39 is 8.32 Å². The Kier molecular flexibility index (Phi) is 3.70. The van der Waals surface area contributed by atoms with Crippen molar-refractivity contribution in [1.82, 2.24) is 0 Å². The average molecular weight is 176 g/mol. The largest absolute Gasteiger partial charge is 0.410 e. The summed E-state index contributed by atoms with van der Waals surface area (Å²) >= 11 is 0. The third-order valence-corrected chi connectivity index (χ3v) is 3.62. The van der Waals surface area contributed by atoms with Gasteiger partial charge in [-0.1, -0.05) is 0 Å². The van der Waals surface area contributed by atoms with E-state index in [1.54, 1.807) is 0 Å². The van der Waals surface area contributed by atoms with Crippen LogP contribution >= 0.6 is 0 Å². The molecule has 0 amide bonds. The fourth-order valence-electron chi connectivity index (χ4n) is 0.831. The molecule has 0 atom stereocenters. The third kappa shape index (κ3) is 4.52. The predicted octanol–water partition coefficient (Wildman–Crippen LogP) is 0.443. The molecule has 0 radical (unpaired) electrons. The van der Waals surface area contributed by atoms with Crippen LogP contribution in [0.3, 0.4) is 0 Å². The van der Waals surface area contributed by atoms with E-state index in [4.69, 9.17) is 15.9 Å². The van der Waals surface area contributed by atoms with Crippen molar-refractivity contribution in [2.24, 2.45) is 11.5 Å². The van der Waals surface area contributed by atoms with E-state index in [0.29, 0.717) is 12.7 Å². The Balaban J connectivity index is 4.02. The topological polar surface area (TPSA) is 61.3 Å². The van der Waals surface area contributed by atoms with E-state index in [0.717, 1.165) is 0 Å². The molecule has 68 valence electrons. The Hall–Kier alpha value is 0.0969. The van der Waals surface area contributed by atoms with Crippen LogP contribution in [-0.4, -0.2) is 26.6 Å². The molecule has 11 heavy (non-hydrogen) atoms. The van der Waals surface area contributed by atoms with Crippen molar-refractivity contribution in [1.29, 1.82) is 0 Å². The van der Waals surface area contributed by atoms with E-state index in [-0.39, 0.29) is 5.60 Å². The van der Waals surface area contributed by atoms with Gasteiger partial charge in [0.25, 0.3) is 0 Å². The Bertz CT molecular complexity index is 112. The van der Waals surface area contributed by atoms with Gasteiger partial charge in [0.05, 0.1) is 5.60 Å². The molecule has 3 nitrogen and oxygen atoms in total. The lowest BCUT2D eigenvalue weighted by molar-refractivity contribution is 0.109. The van der Waals surface area contributed by atoms with Crippen molar-refractivity contribution in [3.05, 3.63) is 0 Å². The van der Waals surface area contributed by atoms with Crippen molar-refractivity contribution in [3.63, 3.8) is 0 Å². The summed E-state index contributed by atoms with van der Waals surface area (Å²) in [6.45, 7) is 8.74. The van der Waals surface area contributed by atoms with Gasteiger partial charge in [0.1, 0.15) is 0 Å². The Morgan fingerprint density at radius 3 is 2.00 bits per heavy atom. The third-order valence-electron chi connectivity index (χ3n) is 1.54. The molecule has 0 saturated heterocycles. The Labute approximate surface area is 70.2 Å². The van der Waals surface area contributed by atoms with Crippen molar-refractivity contribution in [3.8, 4) is 0 Å². The second-order valence-electron chi connectivity index (χ2n) is 4.03. The van der Waals surface area contributed by atoms with Crippen LogP contribution in [0.25, 0.3) is 0 Å². The minimum Gasteiger partial charge on any atom is -0.410 e. The number of hydrogen-bond acceptors (Lipinski definition) is 3. The monoisotopic (exact) mass is 176 g/mol. The lowest BCUT2D eigenvalue weighted by atomic mass is 10.1. The SMILES string of the molecule is CC(C)(CN)O[Si](C)(C)CN. The van der Waals surface area contributed by atoms with Crippen molar-refractivity contribution < 1.29 is 4.43 Å². The van der Waals surface area contributed by atoms with Crippen LogP contribution in [-0.2, 0) is 4.43 Å². The van der Waals surface area contributed by atoms with E-state index in [1.165, 1.54) is 0 Å². The average Bonchev–Trinajstić information content (AvgIpc) is 1.86. The molecule has 0 fully saturated rings. The number of nitrogens with two attached hydrogens (primary N) is 2. The maximum Gasteiger partial charge on any atom is 0.200 e. The van der Waals surface area contributed by atoms with Gasteiger partial charge < -0.3 is 15.9 Å². The summed E-state index contributed by atoms with van der Waals surface area (Å²) in [7, 11) is -1.64. The lowest BCUT2D eigenvalue weighted by Gasteiger charge is -2.33. The fraction of sp³-hybridized carbons (Fsp3) is 1.00. The molecule has 0 aliphatic carbocycles. The van der Waals surface area contributed by atoms with Crippen molar-refractivity contribution in [2.75, 3.05) is 12.7 Å². The molecule has 0 aliphatic rings. The zero-order valence-corrected chi connectivity index (χ0v) is 8.98. The maximum atomic E-state index is 5.81. The van der Waals surface area contributed by atoms with Gasteiger partial charge in [-0.2, -0.15) is 0 Å². The minimum absolute atomic E-state index is 0.213. The molecular weight excluding hydrogens is 156 g/mol. The molecule has 4 heteroatoms. The van der Waals surface area contributed by atoms with E-state index in [1.807, 2.05) is 13.8 Å². The molecule has 0 aliphatic heterocycles. The second kappa shape index (κ2) is 3.67. The van der Waals surface area contributed by atoms with Crippen LogP contribution in [0.5, 0.6) is 0 Å². The molecule has 0 unspecified atom stereocenters. The quantitative estimate of drug-likeness (QED) is 0.611. The highest BCUT2D eigenvalue weighted by atomic mass is 28.4. The van der Waals surface area contributed by atoms with Crippen LogP contribution < -0.4 is 11.5 Å². The number of hydrogen-bond donors (Lipinski definition) is 2. The van der Waals surface area contributed by atoms with Gasteiger partial charge in [-0.3, -0.25) is 0 Å². The summed E-state index contributed by atoms with van der Waals surface area (Å²) in [5.74, 6) is 0.